The Labute approximate surface area is 174 Å². The molecule has 1 saturated heterocycles. The molecule has 1 heterocycles. The molecule has 1 N–H and O–H groups in total. The molecular weight excluding hydrogens is 390 g/mol. The molecule has 1 amide bonds. The molecule has 154 valence electrons. The highest BCUT2D eigenvalue weighted by atomic mass is 32.2. The number of rotatable bonds is 8. The maximum atomic E-state index is 12.7. The van der Waals surface area contributed by atoms with Crippen molar-refractivity contribution in [3.63, 3.8) is 0 Å². The summed E-state index contributed by atoms with van der Waals surface area (Å²) in [6.45, 7) is 2.38. The fourth-order valence-corrected chi connectivity index (χ4v) is 4.17. The van der Waals surface area contributed by atoms with Crippen molar-refractivity contribution in [2.75, 3.05) is 33.0 Å². The van der Waals surface area contributed by atoms with Gasteiger partial charge in [0, 0.05) is 18.2 Å². The number of carbonyl (C=O) groups excluding carboxylic acids is 1. The highest BCUT2D eigenvalue weighted by Crippen LogP contribution is 2.29. The predicted octanol–water partition coefficient (Wildman–Crippen LogP) is 3.89. The van der Waals surface area contributed by atoms with E-state index in [1.807, 2.05) is 24.3 Å². The molecule has 2 aromatic carbocycles. The molecule has 0 aliphatic carbocycles. The summed E-state index contributed by atoms with van der Waals surface area (Å²) in [5.74, 6) is 0.467. The summed E-state index contributed by atoms with van der Waals surface area (Å²) in [5.41, 5.74) is 1.32. The summed E-state index contributed by atoms with van der Waals surface area (Å²) < 4.78 is 5.35. The van der Waals surface area contributed by atoms with Crippen LogP contribution in [0, 0.1) is 10.1 Å². The van der Waals surface area contributed by atoms with E-state index in [1.54, 1.807) is 25.5 Å². The second-order valence-corrected chi connectivity index (χ2v) is 7.74. The largest absolute Gasteiger partial charge is 0.497 e. The van der Waals surface area contributed by atoms with Crippen molar-refractivity contribution in [2.24, 2.45) is 0 Å². The van der Waals surface area contributed by atoms with Gasteiger partial charge in [0.25, 0.3) is 11.6 Å². The van der Waals surface area contributed by atoms with Gasteiger partial charge in [-0.3, -0.25) is 19.8 Å². The van der Waals surface area contributed by atoms with Gasteiger partial charge in [0.15, 0.2) is 0 Å². The minimum Gasteiger partial charge on any atom is -0.497 e. The molecule has 0 radical (unpaired) electrons. The summed E-state index contributed by atoms with van der Waals surface area (Å²) in [7, 11) is 1.64. The van der Waals surface area contributed by atoms with Gasteiger partial charge in [-0.25, -0.2) is 0 Å². The number of benzene rings is 2. The molecule has 29 heavy (non-hydrogen) atoms. The summed E-state index contributed by atoms with van der Waals surface area (Å²) in [5, 5.41) is 14.2. The van der Waals surface area contributed by atoms with Crippen molar-refractivity contribution in [3.05, 3.63) is 63.7 Å². The van der Waals surface area contributed by atoms with E-state index in [2.05, 4.69) is 10.2 Å². The van der Waals surface area contributed by atoms with Crippen molar-refractivity contribution in [2.45, 2.75) is 23.8 Å². The minimum absolute atomic E-state index is 0.0250. The Balaban J connectivity index is 1.77. The number of nitrogens with zero attached hydrogens (tertiary/aromatic N) is 2. The smallest absolute Gasteiger partial charge is 0.283 e. The van der Waals surface area contributed by atoms with Gasteiger partial charge >= 0.3 is 0 Å². The first-order valence-electron chi connectivity index (χ1n) is 9.52. The number of amides is 1. The molecule has 0 bridgehead atoms. The number of carbonyl (C=O) groups is 1. The van der Waals surface area contributed by atoms with Crippen molar-refractivity contribution in [1.29, 1.82) is 0 Å². The highest BCUT2D eigenvalue weighted by Gasteiger charge is 2.25. The van der Waals surface area contributed by atoms with Crippen LogP contribution < -0.4 is 10.1 Å². The zero-order valence-electron chi connectivity index (χ0n) is 16.6. The van der Waals surface area contributed by atoms with E-state index in [-0.39, 0.29) is 17.6 Å². The lowest BCUT2D eigenvalue weighted by atomic mass is 10.0. The molecule has 8 heteroatoms. The van der Waals surface area contributed by atoms with Crippen molar-refractivity contribution >= 4 is 23.4 Å². The molecular formula is C21H25N3O4S. The Morgan fingerprint density at radius 3 is 2.69 bits per heavy atom. The van der Waals surface area contributed by atoms with Crippen LogP contribution in [-0.4, -0.2) is 48.7 Å². The fourth-order valence-electron chi connectivity index (χ4n) is 3.63. The molecule has 2 aromatic rings. The van der Waals surface area contributed by atoms with Crippen LogP contribution in [0.4, 0.5) is 5.69 Å². The zero-order chi connectivity index (χ0) is 20.8. The number of nitro groups is 1. The Bertz CT molecular complexity index is 884. The van der Waals surface area contributed by atoms with Crippen LogP contribution in [0.5, 0.6) is 5.75 Å². The Morgan fingerprint density at radius 1 is 1.28 bits per heavy atom. The lowest BCUT2D eigenvalue weighted by Crippen LogP contribution is -2.36. The maximum Gasteiger partial charge on any atom is 0.283 e. The van der Waals surface area contributed by atoms with Crippen LogP contribution >= 0.6 is 11.8 Å². The molecule has 1 fully saturated rings. The molecule has 1 aliphatic rings. The normalized spacial score (nSPS) is 15.1. The number of hydrogen-bond acceptors (Lipinski definition) is 6. The van der Waals surface area contributed by atoms with E-state index in [0.29, 0.717) is 17.0 Å². The topological polar surface area (TPSA) is 84.7 Å². The van der Waals surface area contributed by atoms with Crippen molar-refractivity contribution < 1.29 is 14.5 Å². The number of methoxy groups -OCH3 is 1. The van der Waals surface area contributed by atoms with E-state index in [1.165, 1.54) is 17.8 Å². The number of nitro benzene ring substituents is 1. The van der Waals surface area contributed by atoms with Crippen molar-refractivity contribution in [3.8, 4) is 5.75 Å². The Kier molecular flexibility index (Phi) is 7.11. The first kappa shape index (κ1) is 21.1. The number of nitrogens with one attached hydrogen (secondary N) is 1. The third-order valence-corrected chi connectivity index (χ3v) is 5.94. The van der Waals surface area contributed by atoms with Crippen LogP contribution in [0.3, 0.4) is 0 Å². The molecule has 1 atom stereocenters. The average molecular weight is 416 g/mol. The molecule has 0 spiro atoms. The molecule has 3 rings (SSSR count). The third kappa shape index (κ3) is 5.07. The molecule has 0 aromatic heterocycles. The third-order valence-electron chi connectivity index (χ3n) is 5.15. The predicted molar refractivity (Wildman–Crippen MR) is 114 cm³/mol. The van der Waals surface area contributed by atoms with Gasteiger partial charge in [-0.15, -0.1) is 11.8 Å². The van der Waals surface area contributed by atoms with Gasteiger partial charge in [0.05, 0.1) is 23.0 Å². The van der Waals surface area contributed by atoms with Gasteiger partial charge in [-0.1, -0.05) is 12.1 Å². The summed E-state index contributed by atoms with van der Waals surface area (Å²) in [6.07, 6.45) is 4.05. The molecule has 7 nitrogen and oxygen atoms in total. The van der Waals surface area contributed by atoms with E-state index in [9.17, 15) is 14.9 Å². The number of ether oxygens (including phenoxy) is 1. The Hall–Kier alpha value is -2.58. The van der Waals surface area contributed by atoms with Crippen LogP contribution in [0.1, 0.15) is 34.8 Å². The second kappa shape index (κ2) is 9.76. The SMILES string of the molecule is COc1cccc(C(CNC(=O)c2ccc(SC)c([N+](=O)[O-])c2)N2CCCC2)c1. The number of likely N-dealkylation sites (tertiary alicyclic amines) is 1. The van der Waals surface area contributed by atoms with Crippen LogP contribution in [-0.2, 0) is 0 Å². The quantitative estimate of drug-likeness (QED) is 0.400. The summed E-state index contributed by atoms with van der Waals surface area (Å²) in [4.78, 5) is 26.4. The second-order valence-electron chi connectivity index (χ2n) is 6.89. The average Bonchev–Trinajstić information content (AvgIpc) is 3.28. The molecule has 1 unspecified atom stereocenters. The van der Waals surface area contributed by atoms with Crippen LogP contribution in [0.15, 0.2) is 47.4 Å². The lowest BCUT2D eigenvalue weighted by Gasteiger charge is -2.28. The van der Waals surface area contributed by atoms with Gasteiger partial charge in [0.2, 0.25) is 0 Å². The lowest BCUT2D eigenvalue weighted by molar-refractivity contribution is -0.387. The number of thioether (sulfide) groups is 1. The van der Waals surface area contributed by atoms with Crippen LogP contribution in [0.25, 0.3) is 0 Å². The summed E-state index contributed by atoms with van der Waals surface area (Å²) >= 11 is 1.29. The van der Waals surface area contributed by atoms with Crippen LogP contribution in [0.2, 0.25) is 0 Å². The Morgan fingerprint density at radius 2 is 2.03 bits per heavy atom. The van der Waals surface area contributed by atoms with E-state index in [0.717, 1.165) is 37.2 Å². The molecule has 1 aliphatic heterocycles. The first-order valence-corrected chi connectivity index (χ1v) is 10.7. The van der Waals surface area contributed by atoms with Gasteiger partial charge in [-0.2, -0.15) is 0 Å². The minimum atomic E-state index is -0.452. The molecule has 0 saturated carbocycles. The monoisotopic (exact) mass is 415 g/mol. The van der Waals surface area contributed by atoms with Gasteiger partial charge < -0.3 is 10.1 Å². The highest BCUT2D eigenvalue weighted by molar-refractivity contribution is 7.98. The summed E-state index contributed by atoms with van der Waals surface area (Å²) in [6, 6.07) is 12.5. The first-order chi connectivity index (χ1) is 14.0. The van der Waals surface area contributed by atoms with Gasteiger partial charge in [0.1, 0.15) is 5.75 Å². The van der Waals surface area contributed by atoms with Crippen molar-refractivity contribution in [1.82, 2.24) is 10.2 Å². The fraction of sp³-hybridized carbons (Fsp3) is 0.381. The maximum absolute atomic E-state index is 12.7. The van der Waals surface area contributed by atoms with E-state index in [4.69, 9.17) is 4.74 Å². The number of hydrogen-bond donors (Lipinski definition) is 1. The zero-order valence-corrected chi connectivity index (χ0v) is 17.4. The standard InChI is InChI=1S/C21H25N3O4S/c1-28-17-7-5-6-15(12-17)19(23-10-3-4-11-23)14-22-21(25)16-8-9-20(29-2)18(13-16)24(26)27/h5-9,12-13,19H,3-4,10-11,14H2,1-2H3,(H,22,25). The van der Waals surface area contributed by atoms with E-state index < -0.39 is 4.92 Å². The van der Waals surface area contributed by atoms with Gasteiger partial charge in [-0.05, 0) is 62.0 Å². The van der Waals surface area contributed by atoms with E-state index >= 15 is 0 Å².